The van der Waals surface area contributed by atoms with Gasteiger partial charge in [-0.2, -0.15) is 0 Å². The maximum Gasteiger partial charge on any atom is 3.00 e. The van der Waals surface area contributed by atoms with E-state index in [1.165, 1.54) is 0 Å². The van der Waals surface area contributed by atoms with Gasteiger partial charge < -0.3 is 22.6 Å². The van der Waals surface area contributed by atoms with Gasteiger partial charge in [-0.25, -0.2) is 0 Å². The van der Waals surface area contributed by atoms with Gasteiger partial charge in [0.15, 0.2) is 0 Å². The molecule has 0 spiro atoms. The summed E-state index contributed by atoms with van der Waals surface area (Å²) in [5, 5.41) is 26.9. The second kappa shape index (κ2) is 13.9. The molecule has 1 saturated carbocycles. The Labute approximate surface area is 273 Å². The summed E-state index contributed by atoms with van der Waals surface area (Å²) in [4.78, 5) is 9.95. The van der Waals surface area contributed by atoms with E-state index in [0.717, 1.165) is 47.9 Å². The molecular weight excluding hydrogens is 580 g/mol. The average Bonchev–Trinajstić information content (AvgIpc) is 2.80. The SMILES string of the molecule is CC(C)(C)c1cc(C=N[C@@H]2CCCC[C@H]2N=Cc2cc(C(C)(C)C)cc(C(C)(C)C)c2[O-])c([O-])c(C(C)(C)C)c1.[Cl-].[Cr+3]. The van der Waals surface area contributed by atoms with Gasteiger partial charge in [-0.1, -0.05) is 132 Å². The molecule has 0 aliphatic heterocycles. The quantitative estimate of drug-likeness (QED) is 0.452. The van der Waals surface area contributed by atoms with E-state index in [1.54, 1.807) is 12.4 Å². The Hall–Kier alpha value is -1.80. The normalized spacial score (nSPS) is 18.7. The third kappa shape index (κ3) is 9.35. The molecule has 4 nitrogen and oxygen atoms in total. The Balaban J connectivity index is 0.00000441. The second-order valence-corrected chi connectivity index (χ2v) is 15.9. The van der Waals surface area contributed by atoms with Gasteiger partial charge in [-0.15, -0.1) is 0 Å². The van der Waals surface area contributed by atoms with E-state index in [1.807, 2.05) is 12.1 Å². The van der Waals surface area contributed by atoms with Crippen LogP contribution >= 0.6 is 0 Å². The first-order valence-electron chi connectivity index (χ1n) is 15.0. The number of aliphatic imine (C=N–C) groups is 2. The van der Waals surface area contributed by atoms with Crippen LogP contribution in [-0.2, 0) is 39.0 Å². The molecule has 0 N–H and O–H groups in total. The van der Waals surface area contributed by atoms with Crippen LogP contribution < -0.4 is 22.6 Å². The van der Waals surface area contributed by atoms with Crippen LogP contribution in [0.2, 0.25) is 0 Å². The van der Waals surface area contributed by atoms with E-state index >= 15 is 0 Å². The fourth-order valence-electron chi connectivity index (χ4n) is 5.27. The smallest absolute Gasteiger partial charge is 1.00 e. The van der Waals surface area contributed by atoms with Gasteiger partial charge >= 0.3 is 17.4 Å². The standard InChI is InChI=1S/C36H54N2O2.ClH.Cr/c1-33(2,3)25-17-23(31(39)27(19-25)35(7,8)9)21-37-29-15-13-14-16-30(29)38-22-24-18-26(34(4,5)6)20-28(32(24)40)36(10,11)12;;/h17-22,29-30,39-40H,13-16H2,1-12H3;1H;/q;;+3/p-3/t29-,30-;;/m1../s1. The largest absolute Gasteiger partial charge is 3.00 e. The summed E-state index contributed by atoms with van der Waals surface area (Å²) in [6.45, 7) is 25.6. The minimum absolute atomic E-state index is 0. The zero-order valence-electron chi connectivity index (χ0n) is 27.9. The summed E-state index contributed by atoms with van der Waals surface area (Å²) in [5.41, 5.74) is 4.62. The minimum atomic E-state index is -0.248. The van der Waals surface area contributed by atoms with Crippen LogP contribution in [0.15, 0.2) is 34.3 Å². The third-order valence-corrected chi connectivity index (χ3v) is 8.09. The van der Waals surface area contributed by atoms with Crippen molar-refractivity contribution in [2.24, 2.45) is 9.98 Å². The summed E-state index contributed by atoms with van der Waals surface area (Å²) < 4.78 is 0. The van der Waals surface area contributed by atoms with E-state index in [2.05, 4.69) is 95.2 Å². The molecule has 0 aromatic heterocycles. The molecular formula is C36H52ClCrN2O2. The van der Waals surface area contributed by atoms with Crippen molar-refractivity contribution in [1.82, 2.24) is 0 Å². The van der Waals surface area contributed by atoms with Crippen molar-refractivity contribution in [3.8, 4) is 11.5 Å². The molecule has 1 aliphatic carbocycles. The Morgan fingerprint density at radius 2 is 0.881 bits per heavy atom. The number of rotatable bonds is 4. The number of hydrogen-bond donors (Lipinski definition) is 0. The van der Waals surface area contributed by atoms with Crippen molar-refractivity contribution < 1.29 is 40.0 Å². The van der Waals surface area contributed by atoms with Crippen molar-refractivity contribution in [2.75, 3.05) is 0 Å². The third-order valence-electron chi connectivity index (χ3n) is 8.09. The topological polar surface area (TPSA) is 70.8 Å². The Kier molecular flexibility index (Phi) is 12.6. The molecule has 231 valence electrons. The molecule has 0 bridgehead atoms. The van der Waals surface area contributed by atoms with E-state index in [4.69, 9.17) is 9.98 Å². The van der Waals surface area contributed by atoms with Gasteiger partial charge in [-0.05, 0) is 67.9 Å². The van der Waals surface area contributed by atoms with Crippen LogP contribution in [0.1, 0.15) is 142 Å². The van der Waals surface area contributed by atoms with Crippen molar-refractivity contribution in [3.63, 3.8) is 0 Å². The minimum Gasteiger partial charge on any atom is -1.00 e. The van der Waals surface area contributed by atoms with Crippen molar-refractivity contribution in [3.05, 3.63) is 57.6 Å². The molecule has 6 heteroatoms. The number of halogens is 1. The van der Waals surface area contributed by atoms with Gasteiger partial charge in [0.25, 0.3) is 0 Å². The summed E-state index contributed by atoms with van der Waals surface area (Å²) >= 11 is 0. The maximum absolute atomic E-state index is 13.5. The summed E-state index contributed by atoms with van der Waals surface area (Å²) in [6, 6.07) is 8.15. The molecule has 0 saturated heterocycles. The van der Waals surface area contributed by atoms with Gasteiger partial charge in [0, 0.05) is 12.4 Å². The van der Waals surface area contributed by atoms with Gasteiger partial charge in [0.05, 0.1) is 12.1 Å². The van der Waals surface area contributed by atoms with E-state index in [9.17, 15) is 10.2 Å². The molecule has 1 radical (unpaired) electrons. The van der Waals surface area contributed by atoms with Gasteiger partial charge in [-0.3, -0.25) is 9.98 Å². The van der Waals surface area contributed by atoms with Gasteiger partial charge in [0.1, 0.15) is 0 Å². The summed E-state index contributed by atoms with van der Waals surface area (Å²) in [7, 11) is 0. The Morgan fingerprint density at radius 1 is 0.571 bits per heavy atom. The number of benzene rings is 2. The molecule has 2 atom stereocenters. The molecule has 42 heavy (non-hydrogen) atoms. The van der Waals surface area contributed by atoms with Crippen molar-refractivity contribution >= 4 is 12.4 Å². The zero-order valence-corrected chi connectivity index (χ0v) is 30.0. The fourth-order valence-corrected chi connectivity index (χ4v) is 5.27. The fraction of sp³-hybridized carbons (Fsp3) is 0.611. The van der Waals surface area contributed by atoms with Crippen LogP contribution in [0.25, 0.3) is 0 Å². The molecule has 0 heterocycles. The van der Waals surface area contributed by atoms with Crippen LogP contribution in [0.4, 0.5) is 0 Å². The van der Waals surface area contributed by atoms with E-state index in [-0.39, 0.29) is 75.0 Å². The first-order valence-corrected chi connectivity index (χ1v) is 15.0. The Morgan fingerprint density at radius 3 is 1.14 bits per heavy atom. The molecule has 3 rings (SSSR count). The first kappa shape index (κ1) is 38.2. The molecule has 1 aliphatic rings. The summed E-state index contributed by atoms with van der Waals surface area (Å²) in [6.07, 6.45) is 7.63. The predicted octanol–water partition coefficient (Wildman–Crippen LogP) is 4.87. The van der Waals surface area contributed by atoms with Crippen LogP contribution in [-0.4, -0.2) is 24.5 Å². The molecule has 2 aromatic carbocycles. The zero-order chi connectivity index (χ0) is 30.3. The van der Waals surface area contributed by atoms with Crippen LogP contribution in [0, 0.1) is 0 Å². The predicted molar refractivity (Wildman–Crippen MR) is 168 cm³/mol. The molecule has 0 amide bonds. The van der Waals surface area contributed by atoms with E-state index < -0.39 is 0 Å². The van der Waals surface area contributed by atoms with Crippen molar-refractivity contribution in [1.29, 1.82) is 0 Å². The average molecular weight is 632 g/mol. The number of nitrogens with zero attached hydrogens (tertiary/aromatic N) is 2. The molecule has 2 aromatic rings. The van der Waals surface area contributed by atoms with Crippen LogP contribution in [0.5, 0.6) is 11.5 Å². The monoisotopic (exact) mass is 631 g/mol. The molecule has 1 fully saturated rings. The van der Waals surface area contributed by atoms with Gasteiger partial charge in [0.2, 0.25) is 0 Å². The van der Waals surface area contributed by atoms with Crippen LogP contribution in [0.3, 0.4) is 0 Å². The van der Waals surface area contributed by atoms with E-state index in [0.29, 0.717) is 11.1 Å². The summed E-state index contributed by atoms with van der Waals surface area (Å²) in [5.74, 6) is 0.120. The first-order chi connectivity index (χ1) is 18.2. The Bertz CT molecular complexity index is 1170. The molecule has 0 unspecified atom stereocenters. The second-order valence-electron chi connectivity index (χ2n) is 15.9. The maximum atomic E-state index is 13.5. The van der Waals surface area contributed by atoms with Crippen molar-refractivity contribution in [2.45, 2.75) is 143 Å². The number of hydrogen-bond acceptors (Lipinski definition) is 4.